The van der Waals surface area contributed by atoms with Gasteiger partial charge in [0.15, 0.2) is 0 Å². The molecule has 0 amide bonds. The van der Waals surface area contributed by atoms with E-state index in [1.165, 1.54) is 19.3 Å². The van der Waals surface area contributed by atoms with Crippen molar-refractivity contribution < 1.29 is 0 Å². The van der Waals surface area contributed by atoms with Gasteiger partial charge in [0.05, 0.1) is 16.9 Å². The van der Waals surface area contributed by atoms with E-state index in [0.717, 1.165) is 18.8 Å². The van der Waals surface area contributed by atoms with Gasteiger partial charge in [-0.1, -0.05) is 23.3 Å². The Labute approximate surface area is 101 Å². The number of nitrogens with one attached hydrogen (secondary N) is 1. The number of hydrogen-bond donors (Lipinski definition) is 2. The molecule has 16 heavy (non-hydrogen) atoms. The molecule has 3 nitrogen and oxygen atoms in total. The van der Waals surface area contributed by atoms with Crippen molar-refractivity contribution in [2.75, 3.05) is 17.6 Å². The van der Waals surface area contributed by atoms with Gasteiger partial charge >= 0.3 is 0 Å². The van der Waals surface area contributed by atoms with Gasteiger partial charge in [0.25, 0.3) is 0 Å². The maximum atomic E-state index is 6.01. The molecule has 1 aromatic rings. The van der Waals surface area contributed by atoms with Crippen LogP contribution in [-0.4, -0.2) is 11.5 Å². The predicted molar refractivity (Wildman–Crippen MR) is 68.7 cm³/mol. The quantitative estimate of drug-likeness (QED) is 0.791. The molecule has 0 aliphatic heterocycles. The fourth-order valence-electron chi connectivity index (χ4n) is 1.89. The van der Waals surface area contributed by atoms with Crippen molar-refractivity contribution >= 4 is 23.1 Å². The molecule has 86 valence electrons. The van der Waals surface area contributed by atoms with E-state index < -0.39 is 0 Å². The van der Waals surface area contributed by atoms with Crippen LogP contribution in [0.15, 0.2) is 23.9 Å². The fraction of sp³-hybridized carbons (Fsp3) is 0.417. The van der Waals surface area contributed by atoms with Gasteiger partial charge in [-0.3, -0.25) is 0 Å². The van der Waals surface area contributed by atoms with Gasteiger partial charge in [-0.2, -0.15) is 0 Å². The minimum Gasteiger partial charge on any atom is -0.397 e. The van der Waals surface area contributed by atoms with Crippen LogP contribution in [0.1, 0.15) is 25.7 Å². The van der Waals surface area contributed by atoms with Gasteiger partial charge in [0.1, 0.15) is 5.82 Å². The van der Waals surface area contributed by atoms with Gasteiger partial charge in [0.2, 0.25) is 0 Å². The topological polar surface area (TPSA) is 50.9 Å². The summed E-state index contributed by atoms with van der Waals surface area (Å²) in [6.45, 7) is 0.877. The largest absolute Gasteiger partial charge is 0.397 e. The molecule has 0 radical (unpaired) electrons. The maximum Gasteiger partial charge on any atom is 0.144 e. The second-order valence-electron chi connectivity index (χ2n) is 4.03. The van der Waals surface area contributed by atoms with Crippen molar-refractivity contribution in [3.63, 3.8) is 0 Å². The molecule has 0 unspecified atom stereocenters. The highest BCUT2D eigenvalue weighted by molar-refractivity contribution is 6.33. The highest BCUT2D eigenvalue weighted by Crippen LogP contribution is 2.23. The second-order valence-corrected chi connectivity index (χ2v) is 4.44. The lowest BCUT2D eigenvalue weighted by Gasteiger charge is -2.08. The summed E-state index contributed by atoms with van der Waals surface area (Å²) >= 11 is 6.01. The number of hydrogen-bond acceptors (Lipinski definition) is 3. The summed E-state index contributed by atoms with van der Waals surface area (Å²) in [7, 11) is 0. The van der Waals surface area contributed by atoms with Crippen LogP contribution in [0.25, 0.3) is 0 Å². The van der Waals surface area contributed by atoms with Crippen molar-refractivity contribution in [1.29, 1.82) is 0 Å². The summed E-state index contributed by atoms with van der Waals surface area (Å²) < 4.78 is 0. The summed E-state index contributed by atoms with van der Waals surface area (Å²) in [4.78, 5) is 4.15. The summed E-state index contributed by atoms with van der Waals surface area (Å²) in [6.07, 6.45) is 8.79. The van der Waals surface area contributed by atoms with Crippen LogP contribution in [0.5, 0.6) is 0 Å². The van der Waals surface area contributed by atoms with Crippen molar-refractivity contribution in [3.05, 3.63) is 28.9 Å². The number of anilines is 2. The molecule has 1 aliphatic carbocycles. The van der Waals surface area contributed by atoms with Crippen LogP contribution in [-0.2, 0) is 0 Å². The van der Waals surface area contributed by atoms with E-state index in [9.17, 15) is 0 Å². The third-order valence-electron chi connectivity index (χ3n) is 2.74. The summed E-state index contributed by atoms with van der Waals surface area (Å²) in [5.41, 5.74) is 7.70. The van der Waals surface area contributed by atoms with Crippen molar-refractivity contribution in [1.82, 2.24) is 4.98 Å². The van der Waals surface area contributed by atoms with Gasteiger partial charge in [0, 0.05) is 6.54 Å². The number of rotatable bonds is 4. The Balaban J connectivity index is 1.84. The molecule has 0 fully saturated rings. The van der Waals surface area contributed by atoms with Gasteiger partial charge in [-0.15, -0.1) is 0 Å². The molecule has 2 rings (SSSR count). The molecule has 4 heteroatoms. The van der Waals surface area contributed by atoms with E-state index in [1.807, 2.05) is 0 Å². The molecular weight excluding hydrogens is 222 g/mol. The molecule has 0 saturated heterocycles. The number of nitrogens with two attached hydrogens (primary N) is 1. The minimum atomic E-state index is 0.584. The summed E-state index contributed by atoms with van der Waals surface area (Å²) in [5, 5.41) is 3.81. The Morgan fingerprint density at radius 1 is 1.50 bits per heavy atom. The number of pyridine rings is 1. The van der Waals surface area contributed by atoms with Crippen LogP contribution in [0.2, 0.25) is 5.02 Å². The van der Waals surface area contributed by atoms with E-state index in [4.69, 9.17) is 17.3 Å². The number of nitrogen functional groups attached to an aromatic ring is 1. The lowest BCUT2D eigenvalue weighted by atomic mass is 10.2. The summed E-state index contributed by atoms with van der Waals surface area (Å²) in [5.74, 6) is 0.717. The number of halogens is 1. The van der Waals surface area contributed by atoms with Gasteiger partial charge < -0.3 is 11.1 Å². The first-order chi connectivity index (χ1) is 7.75. The SMILES string of the molecule is Nc1cnc(NCCC2=CCCC2)c(Cl)c1. The Kier molecular flexibility index (Phi) is 3.67. The van der Waals surface area contributed by atoms with Crippen molar-refractivity contribution in [2.24, 2.45) is 0 Å². The zero-order valence-corrected chi connectivity index (χ0v) is 9.93. The predicted octanol–water partition coefficient (Wildman–Crippen LogP) is 3.23. The normalized spacial score (nSPS) is 14.9. The van der Waals surface area contributed by atoms with E-state index in [0.29, 0.717) is 10.7 Å². The van der Waals surface area contributed by atoms with Crippen LogP contribution in [0.4, 0.5) is 11.5 Å². The van der Waals surface area contributed by atoms with Crippen LogP contribution in [0.3, 0.4) is 0 Å². The molecule has 1 aromatic heterocycles. The third-order valence-corrected chi connectivity index (χ3v) is 3.02. The van der Waals surface area contributed by atoms with Crippen molar-refractivity contribution in [2.45, 2.75) is 25.7 Å². The average Bonchev–Trinajstić information content (AvgIpc) is 2.74. The Morgan fingerprint density at radius 2 is 2.38 bits per heavy atom. The van der Waals surface area contributed by atoms with E-state index in [2.05, 4.69) is 16.4 Å². The molecule has 1 heterocycles. The lowest BCUT2D eigenvalue weighted by molar-refractivity contribution is 0.862. The third kappa shape index (κ3) is 2.89. The van der Waals surface area contributed by atoms with Crippen LogP contribution < -0.4 is 11.1 Å². The molecule has 0 saturated carbocycles. The highest BCUT2D eigenvalue weighted by Gasteiger charge is 2.05. The zero-order valence-electron chi connectivity index (χ0n) is 9.17. The highest BCUT2D eigenvalue weighted by atomic mass is 35.5. The number of aromatic nitrogens is 1. The first-order valence-electron chi connectivity index (χ1n) is 5.58. The lowest BCUT2D eigenvalue weighted by Crippen LogP contribution is -2.05. The fourth-order valence-corrected chi connectivity index (χ4v) is 2.13. The molecule has 0 bridgehead atoms. The first kappa shape index (κ1) is 11.3. The standard InChI is InChI=1S/C12H16ClN3/c13-11-7-10(14)8-16-12(11)15-6-5-9-3-1-2-4-9/h3,7-8H,1-2,4-6,14H2,(H,15,16). The second kappa shape index (κ2) is 5.21. The molecule has 0 atom stereocenters. The first-order valence-corrected chi connectivity index (χ1v) is 5.96. The molecule has 0 aromatic carbocycles. The van der Waals surface area contributed by atoms with Gasteiger partial charge in [-0.25, -0.2) is 4.98 Å². The molecule has 0 spiro atoms. The Morgan fingerprint density at radius 3 is 3.06 bits per heavy atom. The molecular formula is C12H16ClN3. The number of allylic oxidation sites excluding steroid dienone is 1. The summed E-state index contributed by atoms with van der Waals surface area (Å²) in [6, 6.07) is 1.71. The minimum absolute atomic E-state index is 0.584. The van der Waals surface area contributed by atoms with Crippen LogP contribution in [0, 0.1) is 0 Å². The zero-order chi connectivity index (χ0) is 11.4. The van der Waals surface area contributed by atoms with E-state index in [1.54, 1.807) is 17.8 Å². The smallest absolute Gasteiger partial charge is 0.144 e. The Bertz CT molecular complexity index is 401. The maximum absolute atomic E-state index is 6.01. The number of nitrogens with zero attached hydrogens (tertiary/aromatic N) is 1. The van der Waals surface area contributed by atoms with Crippen LogP contribution >= 0.6 is 11.6 Å². The van der Waals surface area contributed by atoms with Crippen molar-refractivity contribution in [3.8, 4) is 0 Å². The monoisotopic (exact) mass is 237 g/mol. The molecule has 1 aliphatic rings. The Hall–Kier alpha value is -1.22. The van der Waals surface area contributed by atoms with E-state index >= 15 is 0 Å². The molecule has 3 N–H and O–H groups in total. The van der Waals surface area contributed by atoms with E-state index in [-0.39, 0.29) is 0 Å². The average molecular weight is 238 g/mol. The van der Waals surface area contributed by atoms with Gasteiger partial charge in [-0.05, 0) is 31.7 Å².